The molecule has 2 aromatic heterocycles. The van der Waals surface area contributed by atoms with Crippen molar-refractivity contribution < 1.29 is 14.6 Å². The Morgan fingerprint density at radius 2 is 1.94 bits per heavy atom. The van der Waals surface area contributed by atoms with Gasteiger partial charge in [0.25, 0.3) is 11.5 Å². The zero-order valence-electron chi connectivity index (χ0n) is 19.5. The molecular weight excluding hydrogens is 482 g/mol. The number of aromatic amines is 1. The SMILES string of the molecule is O=C(NCC1(CO)CCCC1)c1c(Cl)cccc1OCc1cc(=O)n2nc(-c3ccccc3)nc2[nH]1. The number of benzene rings is 2. The third kappa shape index (κ3) is 4.84. The number of H-pyrrole nitrogens is 1. The monoisotopic (exact) mass is 507 g/mol. The molecule has 10 heteroatoms. The minimum absolute atomic E-state index is 0.0134. The second kappa shape index (κ2) is 10.1. The van der Waals surface area contributed by atoms with Crippen LogP contribution in [0.25, 0.3) is 17.2 Å². The number of amides is 1. The van der Waals surface area contributed by atoms with Crippen LogP contribution in [0.3, 0.4) is 0 Å². The normalized spacial score (nSPS) is 14.7. The Balaban J connectivity index is 1.34. The van der Waals surface area contributed by atoms with Crippen LogP contribution in [-0.2, 0) is 6.61 Å². The van der Waals surface area contributed by atoms with Crippen LogP contribution in [0, 0.1) is 5.41 Å². The molecule has 0 unspecified atom stereocenters. The lowest BCUT2D eigenvalue weighted by molar-refractivity contribution is 0.0876. The van der Waals surface area contributed by atoms with Crippen molar-refractivity contribution in [3.63, 3.8) is 0 Å². The van der Waals surface area contributed by atoms with Gasteiger partial charge in [0, 0.05) is 23.6 Å². The molecule has 0 spiro atoms. The van der Waals surface area contributed by atoms with Gasteiger partial charge in [-0.1, -0.05) is 60.8 Å². The van der Waals surface area contributed by atoms with Gasteiger partial charge in [0.1, 0.15) is 12.4 Å². The van der Waals surface area contributed by atoms with Gasteiger partial charge in [-0.25, -0.2) is 0 Å². The van der Waals surface area contributed by atoms with Crippen LogP contribution in [0.2, 0.25) is 5.02 Å². The first-order valence-corrected chi connectivity index (χ1v) is 12.2. The third-order valence-corrected chi connectivity index (χ3v) is 6.94. The van der Waals surface area contributed by atoms with Crippen molar-refractivity contribution in [2.75, 3.05) is 13.2 Å². The molecule has 186 valence electrons. The molecule has 36 heavy (non-hydrogen) atoms. The van der Waals surface area contributed by atoms with E-state index in [-0.39, 0.29) is 52.2 Å². The number of nitrogens with one attached hydrogen (secondary N) is 2. The minimum Gasteiger partial charge on any atom is -0.486 e. The van der Waals surface area contributed by atoms with E-state index >= 15 is 0 Å². The predicted molar refractivity (Wildman–Crippen MR) is 135 cm³/mol. The molecule has 0 bridgehead atoms. The number of ether oxygens (including phenoxy) is 1. The molecule has 1 fully saturated rings. The topological polar surface area (TPSA) is 122 Å². The van der Waals surface area contributed by atoms with Crippen molar-refractivity contribution >= 4 is 23.3 Å². The number of fused-ring (bicyclic) bond motifs is 1. The second-order valence-electron chi connectivity index (χ2n) is 9.12. The van der Waals surface area contributed by atoms with Gasteiger partial charge >= 0.3 is 0 Å². The molecule has 9 nitrogen and oxygen atoms in total. The zero-order chi connectivity index (χ0) is 25.1. The van der Waals surface area contributed by atoms with Crippen molar-refractivity contribution in [1.29, 1.82) is 0 Å². The van der Waals surface area contributed by atoms with Crippen molar-refractivity contribution in [2.45, 2.75) is 32.3 Å². The number of carbonyl (C=O) groups excluding carboxylic acids is 1. The summed E-state index contributed by atoms with van der Waals surface area (Å²) in [6.45, 7) is 0.387. The van der Waals surface area contributed by atoms with E-state index in [9.17, 15) is 14.7 Å². The fourth-order valence-corrected chi connectivity index (χ4v) is 4.85. The number of nitrogens with zero attached hydrogens (tertiary/aromatic N) is 3. The molecule has 0 aliphatic heterocycles. The van der Waals surface area contributed by atoms with E-state index in [0.29, 0.717) is 18.1 Å². The summed E-state index contributed by atoms with van der Waals surface area (Å²) in [4.78, 5) is 33.2. The Morgan fingerprint density at radius 1 is 1.17 bits per heavy atom. The van der Waals surface area contributed by atoms with Crippen LogP contribution in [0.5, 0.6) is 5.75 Å². The predicted octanol–water partition coefficient (Wildman–Crippen LogP) is 3.60. The van der Waals surface area contributed by atoms with Crippen LogP contribution < -0.4 is 15.6 Å². The van der Waals surface area contributed by atoms with Gasteiger partial charge in [0.15, 0.2) is 5.82 Å². The minimum atomic E-state index is -0.371. The molecule has 1 aliphatic rings. The maximum Gasteiger partial charge on any atom is 0.276 e. The number of halogens is 1. The maximum absolute atomic E-state index is 13.0. The number of aliphatic hydroxyl groups excluding tert-OH is 1. The lowest BCUT2D eigenvalue weighted by Gasteiger charge is -2.26. The van der Waals surface area contributed by atoms with Crippen LogP contribution in [0.1, 0.15) is 41.7 Å². The summed E-state index contributed by atoms with van der Waals surface area (Å²) in [7, 11) is 0. The molecular formula is C26H26ClN5O4. The fourth-order valence-electron chi connectivity index (χ4n) is 4.60. The lowest BCUT2D eigenvalue weighted by atomic mass is 9.87. The van der Waals surface area contributed by atoms with E-state index in [1.165, 1.54) is 10.6 Å². The Bertz CT molecular complexity index is 1440. The molecule has 0 radical (unpaired) electrons. The largest absolute Gasteiger partial charge is 0.486 e. The van der Waals surface area contributed by atoms with E-state index in [0.717, 1.165) is 31.2 Å². The molecule has 1 aliphatic carbocycles. The number of rotatable bonds is 8. The lowest BCUT2D eigenvalue weighted by Crippen LogP contribution is -2.38. The van der Waals surface area contributed by atoms with Gasteiger partial charge in [-0.05, 0) is 25.0 Å². The van der Waals surface area contributed by atoms with Gasteiger partial charge in [0.05, 0.1) is 22.9 Å². The maximum atomic E-state index is 13.0. The highest BCUT2D eigenvalue weighted by atomic mass is 35.5. The van der Waals surface area contributed by atoms with E-state index in [1.807, 2.05) is 30.3 Å². The van der Waals surface area contributed by atoms with E-state index in [4.69, 9.17) is 16.3 Å². The van der Waals surface area contributed by atoms with Crippen LogP contribution >= 0.6 is 11.6 Å². The van der Waals surface area contributed by atoms with Crippen LogP contribution in [0.15, 0.2) is 59.4 Å². The number of aliphatic hydroxyl groups is 1. The molecule has 0 atom stereocenters. The second-order valence-corrected chi connectivity index (χ2v) is 9.53. The Hall–Kier alpha value is -3.69. The number of carbonyl (C=O) groups is 1. The first-order valence-electron chi connectivity index (χ1n) is 11.8. The highest BCUT2D eigenvalue weighted by Crippen LogP contribution is 2.37. The van der Waals surface area contributed by atoms with Crippen molar-refractivity contribution in [3.8, 4) is 17.1 Å². The molecule has 5 rings (SSSR count). The van der Waals surface area contributed by atoms with Gasteiger partial charge < -0.3 is 20.1 Å². The molecule has 1 saturated carbocycles. The van der Waals surface area contributed by atoms with E-state index in [2.05, 4.69) is 20.4 Å². The molecule has 2 aromatic carbocycles. The summed E-state index contributed by atoms with van der Waals surface area (Å²) < 4.78 is 7.12. The van der Waals surface area contributed by atoms with Gasteiger partial charge in [0.2, 0.25) is 5.78 Å². The Morgan fingerprint density at radius 3 is 2.69 bits per heavy atom. The standard InChI is InChI=1S/C26H26ClN5O4/c27-19-9-6-10-20(22(19)24(35)28-15-26(16-33)11-4-5-12-26)36-14-18-13-21(34)32-25(29-18)30-23(31-32)17-7-2-1-3-8-17/h1-3,6-10,13,33H,4-5,11-12,14-16H2,(H,28,35)(H,29,30,31). The zero-order valence-corrected chi connectivity index (χ0v) is 20.3. The van der Waals surface area contributed by atoms with Crippen molar-refractivity contribution in [1.82, 2.24) is 24.9 Å². The first kappa shape index (κ1) is 24.0. The highest BCUT2D eigenvalue weighted by Gasteiger charge is 2.34. The van der Waals surface area contributed by atoms with Crippen LogP contribution in [0.4, 0.5) is 0 Å². The van der Waals surface area contributed by atoms with Crippen molar-refractivity contribution in [3.05, 3.63) is 81.2 Å². The highest BCUT2D eigenvalue weighted by molar-refractivity contribution is 6.34. The number of hydrogen-bond donors (Lipinski definition) is 3. The van der Waals surface area contributed by atoms with E-state index in [1.54, 1.807) is 18.2 Å². The van der Waals surface area contributed by atoms with Gasteiger partial charge in [-0.3, -0.25) is 9.59 Å². The first-order chi connectivity index (χ1) is 17.5. The average Bonchev–Trinajstić information content (AvgIpc) is 3.55. The molecule has 3 N–H and O–H groups in total. The van der Waals surface area contributed by atoms with Crippen LogP contribution in [-0.4, -0.2) is 43.7 Å². The third-order valence-electron chi connectivity index (χ3n) is 6.63. The summed E-state index contributed by atoms with van der Waals surface area (Å²) in [6, 6.07) is 15.7. The molecule has 0 saturated heterocycles. The quantitative estimate of drug-likeness (QED) is 0.335. The number of aromatic nitrogens is 4. The van der Waals surface area contributed by atoms with Crippen molar-refractivity contribution in [2.24, 2.45) is 5.41 Å². The summed E-state index contributed by atoms with van der Waals surface area (Å²) in [6.07, 6.45) is 3.83. The molecule has 1 amide bonds. The molecule has 4 aromatic rings. The van der Waals surface area contributed by atoms with Gasteiger partial charge in [-0.15, -0.1) is 5.10 Å². The number of hydrogen-bond acceptors (Lipinski definition) is 6. The summed E-state index contributed by atoms with van der Waals surface area (Å²) in [5.74, 6) is 0.634. The van der Waals surface area contributed by atoms with Gasteiger partial charge in [-0.2, -0.15) is 9.50 Å². The van der Waals surface area contributed by atoms with E-state index < -0.39 is 0 Å². The Kier molecular flexibility index (Phi) is 6.75. The smallest absolute Gasteiger partial charge is 0.276 e. The molecule has 2 heterocycles. The Labute approximate surface area is 212 Å². The summed E-state index contributed by atoms with van der Waals surface area (Å²) in [5, 5.41) is 17.3. The summed E-state index contributed by atoms with van der Waals surface area (Å²) in [5.41, 5.74) is 0.830. The fraction of sp³-hybridized carbons (Fsp3) is 0.308. The average molecular weight is 508 g/mol. The summed E-state index contributed by atoms with van der Waals surface area (Å²) >= 11 is 6.36.